The number of amides is 2. The first-order valence-electron chi connectivity index (χ1n) is 9.32. The van der Waals surface area contributed by atoms with Gasteiger partial charge in [-0.15, -0.1) is 0 Å². The van der Waals surface area contributed by atoms with Crippen molar-refractivity contribution < 1.29 is 19.1 Å². The molecule has 6 heteroatoms. The molecule has 0 fully saturated rings. The third kappa shape index (κ3) is 6.01. The van der Waals surface area contributed by atoms with Gasteiger partial charge in [0.1, 0.15) is 11.5 Å². The molecule has 0 heterocycles. The van der Waals surface area contributed by atoms with Gasteiger partial charge in [0.25, 0.3) is 11.8 Å². The summed E-state index contributed by atoms with van der Waals surface area (Å²) in [7, 11) is 0. The van der Waals surface area contributed by atoms with Gasteiger partial charge in [0.15, 0.2) is 12.7 Å². The number of nitrogens with one attached hydrogen (secondary N) is 2. The number of benzene rings is 2. The normalized spacial score (nSPS) is 11.6. The highest BCUT2D eigenvalue weighted by atomic mass is 16.5. The third-order valence-electron chi connectivity index (χ3n) is 4.24. The first-order chi connectivity index (χ1) is 13.3. The highest BCUT2D eigenvalue weighted by molar-refractivity contribution is 5.85. The van der Waals surface area contributed by atoms with E-state index in [1.165, 1.54) is 0 Å². The molecule has 1 atom stereocenters. The van der Waals surface area contributed by atoms with Crippen LogP contribution in [0, 0.1) is 13.8 Å². The predicted molar refractivity (Wildman–Crippen MR) is 108 cm³/mol. The second kappa shape index (κ2) is 9.78. The van der Waals surface area contributed by atoms with Crippen LogP contribution in [0.2, 0.25) is 0 Å². The molecule has 0 aromatic heterocycles. The van der Waals surface area contributed by atoms with Crippen LogP contribution in [0.15, 0.2) is 42.5 Å². The molecule has 0 aliphatic heterocycles. The highest BCUT2D eigenvalue weighted by Crippen LogP contribution is 2.25. The second-order valence-electron chi connectivity index (χ2n) is 7.05. The molecule has 0 aliphatic rings. The van der Waals surface area contributed by atoms with Gasteiger partial charge in [0, 0.05) is 0 Å². The largest absolute Gasteiger partial charge is 0.483 e. The van der Waals surface area contributed by atoms with Crippen LogP contribution in [0.3, 0.4) is 0 Å². The summed E-state index contributed by atoms with van der Waals surface area (Å²) in [5.41, 5.74) is 7.72. The molecule has 0 saturated heterocycles. The average molecular weight is 384 g/mol. The Balaban J connectivity index is 1.82. The lowest BCUT2D eigenvalue weighted by atomic mass is 10.0. The number of rotatable bonds is 7. The topological polar surface area (TPSA) is 76.7 Å². The maximum Gasteiger partial charge on any atom is 0.279 e. The van der Waals surface area contributed by atoms with Crippen molar-refractivity contribution in [1.82, 2.24) is 10.9 Å². The average Bonchev–Trinajstić information content (AvgIpc) is 2.67. The number of aryl methyl sites for hydroxylation is 2. The Labute approximate surface area is 166 Å². The molecule has 2 aromatic rings. The second-order valence-corrected chi connectivity index (χ2v) is 7.05. The number of para-hydroxylation sites is 1. The monoisotopic (exact) mass is 384 g/mol. The smallest absolute Gasteiger partial charge is 0.279 e. The minimum atomic E-state index is -0.761. The van der Waals surface area contributed by atoms with Gasteiger partial charge < -0.3 is 9.47 Å². The van der Waals surface area contributed by atoms with Crippen LogP contribution in [0.4, 0.5) is 0 Å². The van der Waals surface area contributed by atoms with Crippen LogP contribution in [0.5, 0.6) is 11.5 Å². The van der Waals surface area contributed by atoms with E-state index in [4.69, 9.17) is 9.47 Å². The van der Waals surface area contributed by atoms with Crippen LogP contribution >= 0.6 is 0 Å². The van der Waals surface area contributed by atoms with Gasteiger partial charge in [-0.25, -0.2) is 0 Å². The molecule has 0 bridgehead atoms. The zero-order chi connectivity index (χ0) is 20.7. The summed E-state index contributed by atoms with van der Waals surface area (Å²) < 4.78 is 11.3. The van der Waals surface area contributed by atoms with Crippen LogP contribution in [0.1, 0.15) is 43.4 Å². The Kier molecular flexibility index (Phi) is 7.44. The fraction of sp³-hybridized carbons (Fsp3) is 0.364. The van der Waals surface area contributed by atoms with Crippen molar-refractivity contribution in [3.63, 3.8) is 0 Å². The molecule has 2 amide bonds. The standard InChI is InChI=1S/C22H28N2O4/c1-14(2)18-8-6-7-9-19(18)27-13-21(25)23-24-22(26)17(5)28-20-12-15(3)10-11-16(20)4/h6-12,14,17H,13H2,1-5H3,(H,23,25)(H,24,26). The number of hydrogen-bond donors (Lipinski definition) is 2. The molecule has 0 radical (unpaired) electrons. The van der Waals surface area contributed by atoms with Crippen molar-refractivity contribution in [2.75, 3.05) is 6.61 Å². The Bertz CT molecular complexity index is 833. The molecular weight excluding hydrogens is 356 g/mol. The van der Waals surface area contributed by atoms with Gasteiger partial charge in [-0.3, -0.25) is 20.4 Å². The summed E-state index contributed by atoms with van der Waals surface area (Å²) in [5, 5.41) is 0. The summed E-state index contributed by atoms with van der Waals surface area (Å²) in [4.78, 5) is 24.2. The van der Waals surface area contributed by atoms with Crippen molar-refractivity contribution >= 4 is 11.8 Å². The first kappa shape index (κ1) is 21.3. The quantitative estimate of drug-likeness (QED) is 0.717. The Hall–Kier alpha value is -3.02. The molecule has 1 unspecified atom stereocenters. The van der Waals surface area contributed by atoms with E-state index in [-0.39, 0.29) is 12.5 Å². The molecule has 28 heavy (non-hydrogen) atoms. The van der Waals surface area contributed by atoms with Gasteiger partial charge in [0.2, 0.25) is 0 Å². The van der Waals surface area contributed by atoms with Crippen molar-refractivity contribution in [3.05, 3.63) is 59.2 Å². The molecule has 6 nitrogen and oxygen atoms in total. The van der Waals surface area contributed by atoms with E-state index < -0.39 is 17.9 Å². The van der Waals surface area contributed by atoms with E-state index in [9.17, 15) is 9.59 Å². The number of carbonyl (C=O) groups is 2. The van der Waals surface area contributed by atoms with Crippen molar-refractivity contribution in [3.8, 4) is 11.5 Å². The molecular formula is C22H28N2O4. The summed E-state index contributed by atoms with van der Waals surface area (Å²) in [5.74, 6) is 0.679. The van der Waals surface area contributed by atoms with Gasteiger partial charge in [-0.2, -0.15) is 0 Å². The van der Waals surface area contributed by atoms with E-state index in [0.29, 0.717) is 11.5 Å². The van der Waals surface area contributed by atoms with Gasteiger partial charge in [-0.05, 0) is 55.5 Å². The lowest BCUT2D eigenvalue weighted by Crippen LogP contribution is -2.48. The summed E-state index contributed by atoms with van der Waals surface area (Å²) >= 11 is 0. The fourth-order valence-corrected chi connectivity index (χ4v) is 2.58. The van der Waals surface area contributed by atoms with Gasteiger partial charge in [0.05, 0.1) is 0 Å². The van der Waals surface area contributed by atoms with E-state index in [2.05, 4.69) is 24.7 Å². The maximum atomic E-state index is 12.2. The van der Waals surface area contributed by atoms with E-state index in [1.807, 2.05) is 56.3 Å². The molecule has 0 spiro atoms. The Morgan fingerprint density at radius 1 is 0.964 bits per heavy atom. The highest BCUT2D eigenvalue weighted by Gasteiger charge is 2.17. The summed E-state index contributed by atoms with van der Waals surface area (Å²) in [6.07, 6.45) is -0.761. The summed E-state index contributed by atoms with van der Waals surface area (Å²) in [6, 6.07) is 13.4. The van der Waals surface area contributed by atoms with Crippen molar-refractivity contribution in [2.24, 2.45) is 0 Å². The molecule has 150 valence electrons. The Morgan fingerprint density at radius 3 is 2.39 bits per heavy atom. The maximum absolute atomic E-state index is 12.2. The van der Waals surface area contributed by atoms with E-state index in [1.54, 1.807) is 6.92 Å². The minimum absolute atomic E-state index is 0.198. The Morgan fingerprint density at radius 2 is 1.68 bits per heavy atom. The van der Waals surface area contributed by atoms with Crippen LogP contribution < -0.4 is 20.3 Å². The van der Waals surface area contributed by atoms with Crippen LogP contribution in [-0.4, -0.2) is 24.5 Å². The molecule has 2 rings (SSSR count). The summed E-state index contributed by atoms with van der Waals surface area (Å²) in [6.45, 7) is 9.40. The zero-order valence-electron chi connectivity index (χ0n) is 17.0. The molecule has 2 N–H and O–H groups in total. The lowest BCUT2D eigenvalue weighted by Gasteiger charge is -2.17. The number of ether oxygens (including phenoxy) is 2. The number of hydrazine groups is 1. The van der Waals surface area contributed by atoms with Gasteiger partial charge in [-0.1, -0.05) is 44.2 Å². The third-order valence-corrected chi connectivity index (χ3v) is 4.24. The number of hydrogen-bond acceptors (Lipinski definition) is 4. The predicted octanol–water partition coefficient (Wildman–Crippen LogP) is 3.42. The zero-order valence-corrected chi connectivity index (χ0v) is 17.0. The fourth-order valence-electron chi connectivity index (χ4n) is 2.58. The van der Waals surface area contributed by atoms with Crippen LogP contribution in [0.25, 0.3) is 0 Å². The van der Waals surface area contributed by atoms with Crippen molar-refractivity contribution in [2.45, 2.75) is 46.6 Å². The van der Waals surface area contributed by atoms with Crippen molar-refractivity contribution in [1.29, 1.82) is 0 Å². The molecule has 0 aliphatic carbocycles. The number of carbonyl (C=O) groups excluding carboxylic acids is 2. The SMILES string of the molecule is Cc1ccc(C)c(OC(C)C(=O)NNC(=O)COc2ccccc2C(C)C)c1. The molecule has 2 aromatic carbocycles. The van der Waals surface area contributed by atoms with Crippen LogP contribution in [-0.2, 0) is 9.59 Å². The van der Waals surface area contributed by atoms with E-state index >= 15 is 0 Å². The minimum Gasteiger partial charge on any atom is -0.483 e. The van der Waals surface area contributed by atoms with Gasteiger partial charge >= 0.3 is 0 Å². The first-order valence-corrected chi connectivity index (χ1v) is 9.32. The molecule has 0 saturated carbocycles. The lowest BCUT2D eigenvalue weighted by molar-refractivity contribution is -0.133. The van der Waals surface area contributed by atoms with E-state index in [0.717, 1.165) is 16.7 Å².